The van der Waals surface area contributed by atoms with Gasteiger partial charge in [0.15, 0.2) is 0 Å². The third-order valence-corrected chi connectivity index (χ3v) is 6.08. The molecule has 1 aliphatic heterocycles. The van der Waals surface area contributed by atoms with Crippen molar-refractivity contribution >= 4 is 29.0 Å². The summed E-state index contributed by atoms with van der Waals surface area (Å²) in [5.74, 6) is 2.55. The van der Waals surface area contributed by atoms with Crippen LogP contribution in [0.4, 0.5) is 0 Å². The maximum Gasteiger partial charge on any atom is 0.224 e. The number of methoxy groups -OCH3 is 2. The van der Waals surface area contributed by atoms with Gasteiger partial charge in [-0.15, -0.1) is 23.1 Å². The zero-order chi connectivity index (χ0) is 16.2. The van der Waals surface area contributed by atoms with Crippen LogP contribution in [0.25, 0.3) is 0 Å². The van der Waals surface area contributed by atoms with Crippen LogP contribution >= 0.6 is 23.1 Å². The lowest BCUT2D eigenvalue weighted by atomic mass is 10.1. The minimum absolute atomic E-state index is 0.0912. The number of hydrogen-bond acceptors (Lipinski definition) is 5. The summed E-state index contributed by atoms with van der Waals surface area (Å²) in [6, 6.07) is 9.89. The molecule has 122 valence electrons. The van der Waals surface area contributed by atoms with Gasteiger partial charge in [-0.3, -0.25) is 4.79 Å². The largest absolute Gasteiger partial charge is 0.497 e. The minimum Gasteiger partial charge on any atom is -0.497 e. The maximum atomic E-state index is 12.5. The molecule has 0 N–H and O–H groups in total. The van der Waals surface area contributed by atoms with Crippen LogP contribution in [0.2, 0.25) is 0 Å². The number of thiophene rings is 1. The fraction of sp³-hybridized carbons (Fsp3) is 0.353. The molecule has 1 amide bonds. The van der Waals surface area contributed by atoms with E-state index in [4.69, 9.17) is 9.47 Å². The lowest BCUT2D eigenvalue weighted by Crippen LogP contribution is -2.36. The number of benzene rings is 1. The van der Waals surface area contributed by atoms with E-state index in [-0.39, 0.29) is 11.3 Å². The molecule has 6 heteroatoms. The average Bonchev–Trinajstić information content (AvgIpc) is 3.10. The third-order valence-electron chi connectivity index (χ3n) is 3.75. The molecule has 0 bridgehead atoms. The van der Waals surface area contributed by atoms with Crippen molar-refractivity contribution in [2.45, 2.75) is 18.3 Å². The van der Waals surface area contributed by atoms with Gasteiger partial charge >= 0.3 is 0 Å². The highest BCUT2D eigenvalue weighted by Gasteiger charge is 2.30. The van der Waals surface area contributed by atoms with Crippen molar-refractivity contribution in [3.05, 3.63) is 46.2 Å². The highest BCUT2D eigenvalue weighted by atomic mass is 32.2. The molecule has 1 aromatic carbocycles. The van der Waals surface area contributed by atoms with Gasteiger partial charge in [0.05, 0.1) is 14.2 Å². The standard InChI is InChI=1S/C17H19NO3S2/c1-20-13-8-12(9-14(10-13)21-2)11-18-16(19)5-7-23-17(18)15-4-3-6-22-15/h3-4,6,8-10,17H,5,7,11H2,1-2H3. The van der Waals surface area contributed by atoms with E-state index in [1.54, 1.807) is 25.6 Å². The molecule has 1 unspecified atom stereocenters. The van der Waals surface area contributed by atoms with E-state index >= 15 is 0 Å². The molecule has 1 aromatic heterocycles. The third kappa shape index (κ3) is 3.64. The van der Waals surface area contributed by atoms with E-state index in [2.05, 4.69) is 11.4 Å². The van der Waals surface area contributed by atoms with Gasteiger partial charge in [0.1, 0.15) is 16.9 Å². The van der Waals surface area contributed by atoms with Crippen LogP contribution in [0.15, 0.2) is 35.7 Å². The van der Waals surface area contributed by atoms with Gasteiger partial charge in [-0.05, 0) is 29.1 Å². The topological polar surface area (TPSA) is 38.8 Å². The number of nitrogens with zero attached hydrogens (tertiary/aromatic N) is 1. The van der Waals surface area contributed by atoms with Gasteiger partial charge in [0.25, 0.3) is 0 Å². The van der Waals surface area contributed by atoms with Crippen LogP contribution in [0, 0.1) is 0 Å². The van der Waals surface area contributed by atoms with E-state index in [1.807, 2.05) is 40.9 Å². The Morgan fingerprint density at radius 3 is 2.57 bits per heavy atom. The van der Waals surface area contributed by atoms with Gasteiger partial charge in [0.2, 0.25) is 5.91 Å². The van der Waals surface area contributed by atoms with Gasteiger partial charge in [-0.2, -0.15) is 0 Å². The molecule has 1 aliphatic rings. The fourth-order valence-electron chi connectivity index (χ4n) is 2.62. The summed E-state index contributed by atoms with van der Waals surface area (Å²) in [5, 5.41) is 2.15. The van der Waals surface area contributed by atoms with Gasteiger partial charge in [-0.25, -0.2) is 0 Å². The first-order valence-corrected chi connectivity index (χ1v) is 9.30. The van der Waals surface area contributed by atoms with Crippen molar-refractivity contribution in [2.75, 3.05) is 20.0 Å². The molecule has 23 heavy (non-hydrogen) atoms. The normalized spacial score (nSPS) is 18.1. The SMILES string of the molecule is COc1cc(CN2C(=O)CCSC2c2cccs2)cc(OC)c1. The lowest BCUT2D eigenvalue weighted by molar-refractivity contribution is -0.132. The second kappa shape index (κ2) is 7.27. The second-order valence-electron chi connectivity index (χ2n) is 5.23. The number of hydrogen-bond donors (Lipinski definition) is 0. The molecule has 0 saturated carbocycles. The number of amides is 1. The summed E-state index contributed by atoms with van der Waals surface area (Å²) in [7, 11) is 3.27. The monoisotopic (exact) mass is 349 g/mol. The van der Waals surface area contributed by atoms with E-state index in [0.717, 1.165) is 22.8 Å². The average molecular weight is 349 g/mol. The Kier molecular flexibility index (Phi) is 5.13. The van der Waals surface area contributed by atoms with E-state index in [9.17, 15) is 4.79 Å². The number of carbonyl (C=O) groups excluding carboxylic acids is 1. The zero-order valence-corrected chi connectivity index (χ0v) is 14.8. The molecular formula is C17H19NO3S2. The summed E-state index contributed by atoms with van der Waals surface area (Å²) in [4.78, 5) is 15.6. The Hall–Kier alpha value is -1.66. The quantitative estimate of drug-likeness (QED) is 0.820. The first-order chi connectivity index (χ1) is 11.2. The Bertz CT molecular complexity index is 650. The maximum absolute atomic E-state index is 12.5. The van der Waals surface area contributed by atoms with Crippen LogP contribution in [0.1, 0.15) is 22.2 Å². The molecule has 1 saturated heterocycles. The number of rotatable bonds is 5. The van der Waals surface area contributed by atoms with Crippen molar-refractivity contribution < 1.29 is 14.3 Å². The van der Waals surface area contributed by atoms with Crippen molar-refractivity contribution in [2.24, 2.45) is 0 Å². The minimum atomic E-state index is 0.0912. The Morgan fingerprint density at radius 2 is 1.96 bits per heavy atom. The van der Waals surface area contributed by atoms with Crippen molar-refractivity contribution in [1.82, 2.24) is 4.90 Å². The van der Waals surface area contributed by atoms with Crippen LogP contribution in [0.3, 0.4) is 0 Å². The number of carbonyl (C=O) groups is 1. The summed E-state index contributed by atoms with van der Waals surface area (Å²) in [6.07, 6.45) is 0.591. The first-order valence-electron chi connectivity index (χ1n) is 7.37. The Balaban J connectivity index is 1.87. The Labute approximate surface area is 144 Å². The first kappa shape index (κ1) is 16.2. The second-order valence-corrected chi connectivity index (χ2v) is 7.40. The van der Waals surface area contributed by atoms with E-state index in [1.165, 1.54) is 4.88 Å². The molecule has 3 rings (SSSR count). The number of thioether (sulfide) groups is 1. The van der Waals surface area contributed by atoms with Gasteiger partial charge < -0.3 is 14.4 Å². The van der Waals surface area contributed by atoms with E-state index in [0.29, 0.717) is 13.0 Å². The number of ether oxygens (including phenoxy) is 2. The smallest absolute Gasteiger partial charge is 0.224 e. The lowest BCUT2D eigenvalue weighted by Gasteiger charge is -2.34. The van der Waals surface area contributed by atoms with Gasteiger partial charge in [-0.1, -0.05) is 6.07 Å². The van der Waals surface area contributed by atoms with Crippen LogP contribution < -0.4 is 9.47 Å². The van der Waals surface area contributed by atoms with Crippen LogP contribution in [-0.4, -0.2) is 30.8 Å². The molecule has 0 radical (unpaired) electrons. The van der Waals surface area contributed by atoms with Crippen LogP contribution in [0.5, 0.6) is 11.5 Å². The summed E-state index contributed by atoms with van der Waals surface area (Å²) < 4.78 is 10.7. The zero-order valence-electron chi connectivity index (χ0n) is 13.2. The molecular weight excluding hydrogens is 330 g/mol. The summed E-state index contributed by atoms with van der Waals surface area (Å²) >= 11 is 3.52. The highest BCUT2D eigenvalue weighted by molar-refractivity contribution is 7.99. The Morgan fingerprint density at radius 1 is 1.22 bits per heavy atom. The predicted molar refractivity (Wildman–Crippen MR) is 94.2 cm³/mol. The van der Waals surface area contributed by atoms with Crippen LogP contribution in [-0.2, 0) is 11.3 Å². The molecule has 0 spiro atoms. The van der Waals surface area contributed by atoms with Gasteiger partial charge in [0, 0.05) is 29.7 Å². The predicted octanol–water partition coefficient (Wildman–Crippen LogP) is 3.93. The summed E-state index contributed by atoms with van der Waals surface area (Å²) in [5.41, 5.74) is 1.01. The highest BCUT2D eigenvalue weighted by Crippen LogP contribution is 2.40. The molecule has 0 aliphatic carbocycles. The van der Waals surface area contributed by atoms with Crippen molar-refractivity contribution in [1.29, 1.82) is 0 Å². The molecule has 2 aromatic rings. The fourth-order valence-corrected chi connectivity index (χ4v) is 4.83. The van der Waals surface area contributed by atoms with E-state index < -0.39 is 0 Å². The molecule has 1 atom stereocenters. The molecule has 2 heterocycles. The summed E-state index contributed by atoms with van der Waals surface area (Å²) in [6.45, 7) is 0.558. The molecule has 4 nitrogen and oxygen atoms in total. The van der Waals surface area contributed by atoms with Crippen molar-refractivity contribution in [3.63, 3.8) is 0 Å². The van der Waals surface area contributed by atoms with Crippen molar-refractivity contribution in [3.8, 4) is 11.5 Å². The molecule has 1 fully saturated rings.